The third kappa shape index (κ3) is 10.0. The van der Waals surface area contributed by atoms with Crippen LogP contribution in [0.3, 0.4) is 0 Å². The van der Waals surface area contributed by atoms with Crippen LogP contribution in [0.25, 0.3) is 0 Å². The number of hydrogen-bond donors (Lipinski definition) is 7. The summed E-state index contributed by atoms with van der Waals surface area (Å²) in [5, 5.41) is 78.9. The number of carbonyl (C=O) groups excluding carboxylic acids is 3. The van der Waals surface area contributed by atoms with E-state index in [1.54, 1.807) is 26.8 Å². The Balaban J connectivity index is 0.753. The predicted octanol–water partition coefficient (Wildman–Crippen LogP) is 1.18. The smallest absolute Gasteiger partial charge is 0.331 e. The Bertz CT molecular complexity index is 1970. The van der Waals surface area contributed by atoms with Crippen molar-refractivity contribution in [2.45, 2.75) is 241 Å². The lowest BCUT2D eigenvalue weighted by Gasteiger charge is -2.65. The Hall–Kier alpha value is -2.45. The highest BCUT2D eigenvalue weighted by atomic mass is 16.8. The Labute approximate surface area is 420 Å². The minimum atomic E-state index is -1.68. The summed E-state index contributed by atoms with van der Waals surface area (Å²) in [6.07, 6.45) is -11.3. The molecule has 4 saturated heterocycles. The molecular weight excluding hydrogens is 949 g/mol. The van der Waals surface area contributed by atoms with Gasteiger partial charge in [0.05, 0.1) is 54.9 Å². The first-order valence-electron chi connectivity index (χ1n) is 26.2. The molecule has 72 heavy (non-hydrogen) atoms. The van der Waals surface area contributed by atoms with Crippen LogP contribution in [0, 0.1) is 34.5 Å². The van der Waals surface area contributed by atoms with Gasteiger partial charge in [-0.05, 0) is 107 Å². The molecule has 5 aliphatic heterocycles. The van der Waals surface area contributed by atoms with E-state index in [1.165, 1.54) is 6.92 Å². The molecule has 21 nitrogen and oxygen atoms in total. The minimum Gasteiger partial charge on any atom is -0.459 e. The van der Waals surface area contributed by atoms with E-state index in [0.717, 1.165) is 44.6 Å². The molecule has 4 saturated carbocycles. The van der Waals surface area contributed by atoms with Crippen LogP contribution in [0.2, 0.25) is 0 Å². The van der Waals surface area contributed by atoms with Crippen LogP contribution < -0.4 is 0 Å². The van der Waals surface area contributed by atoms with Crippen LogP contribution in [-0.4, -0.2) is 189 Å². The van der Waals surface area contributed by atoms with Crippen LogP contribution in [-0.2, 0) is 66.5 Å². The van der Waals surface area contributed by atoms with Gasteiger partial charge in [-0.2, -0.15) is 0 Å². The third-order valence-electron chi connectivity index (χ3n) is 18.6. The van der Waals surface area contributed by atoms with Crippen LogP contribution >= 0.6 is 0 Å². The molecule has 0 spiro atoms. The minimum absolute atomic E-state index is 0.0169. The van der Waals surface area contributed by atoms with Crippen molar-refractivity contribution in [2.24, 2.45) is 34.5 Å². The number of cyclic esters (lactones) is 1. The van der Waals surface area contributed by atoms with Gasteiger partial charge < -0.3 is 87.9 Å². The molecule has 5 heterocycles. The normalized spacial score (nSPS) is 51.5. The van der Waals surface area contributed by atoms with Crippen molar-refractivity contribution in [3.8, 4) is 0 Å². The lowest BCUT2D eigenvalue weighted by Crippen LogP contribution is -2.67. The van der Waals surface area contributed by atoms with E-state index in [-0.39, 0.29) is 61.1 Å². The fourth-order valence-electron chi connectivity index (χ4n) is 14.9. The Morgan fingerprint density at radius 3 is 1.88 bits per heavy atom. The molecule has 0 amide bonds. The maximum Gasteiger partial charge on any atom is 0.331 e. The van der Waals surface area contributed by atoms with Gasteiger partial charge in [0.2, 0.25) is 0 Å². The van der Waals surface area contributed by atoms with Crippen molar-refractivity contribution in [1.29, 1.82) is 0 Å². The van der Waals surface area contributed by atoms with Crippen molar-refractivity contribution >= 4 is 17.9 Å². The fourth-order valence-corrected chi connectivity index (χ4v) is 14.9. The first-order valence-corrected chi connectivity index (χ1v) is 26.2. The summed E-state index contributed by atoms with van der Waals surface area (Å²) in [5.74, 6) is -1.40. The highest BCUT2D eigenvalue weighted by Crippen LogP contribution is 2.70. The van der Waals surface area contributed by atoms with Crippen LogP contribution in [0.1, 0.15) is 119 Å². The van der Waals surface area contributed by atoms with Crippen molar-refractivity contribution in [1.82, 2.24) is 0 Å². The lowest BCUT2D eigenvalue weighted by molar-refractivity contribution is -0.355. The van der Waals surface area contributed by atoms with E-state index in [1.807, 2.05) is 6.92 Å². The molecule has 0 aromatic rings. The fraction of sp³-hybridized carbons (Fsp3) is 0.902. The average molecular weight is 1030 g/mol. The topological polar surface area (TPSA) is 294 Å². The first kappa shape index (κ1) is 54.3. The number of carbonyl (C=O) groups is 3. The molecule has 408 valence electrons. The van der Waals surface area contributed by atoms with E-state index < -0.39 is 140 Å². The molecule has 0 radical (unpaired) electrons. The summed E-state index contributed by atoms with van der Waals surface area (Å²) in [5.41, 5.74) is -1.03. The second kappa shape index (κ2) is 21.2. The number of esters is 3. The largest absolute Gasteiger partial charge is 0.459 e. The molecule has 7 N–H and O–H groups in total. The predicted molar refractivity (Wildman–Crippen MR) is 244 cm³/mol. The summed E-state index contributed by atoms with van der Waals surface area (Å²) in [6, 6.07) is 0. The van der Waals surface area contributed by atoms with E-state index in [0.29, 0.717) is 25.2 Å². The van der Waals surface area contributed by atoms with Crippen LogP contribution in [0.5, 0.6) is 0 Å². The number of fused-ring (bicyclic) bond motifs is 5. The maximum absolute atomic E-state index is 12.6. The van der Waals surface area contributed by atoms with Gasteiger partial charge in [0.1, 0.15) is 49.3 Å². The molecule has 0 aromatic heterocycles. The molecule has 26 atom stereocenters. The van der Waals surface area contributed by atoms with Crippen molar-refractivity contribution < 1.29 is 102 Å². The van der Waals surface area contributed by atoms with E-state index in [2.05, 4.69) is 6.92 Å². The Kier molecular flexibility index (Phi) is 16.0. The van der Waals surface area contributed by atoms with Gasteiger partial charge in [-0.15, -0.1) is 0 Å². The summed E-state index contributed by atoms with van der Waals surface area (Å²) >= 11 is 0. The maximum atomic E-state index is 12.6. The first-order chi connectivity index (χ1) is 34.0. The highest BCUT2D eigenvalue weighted by molar-refractivity contribution is 5.85. The second-order valence-corrected chi connectivity index (χ2v) is 22.8. The van der Waals surface area contributed by atoms with Gasteiger partial charge in [-0.1, -0.05) is 13.8 Å². The van der Waals surface area contributed by atoms with Crippen LogP contribution in [0.4, 0.5) is 0 Å². The number of aliphatic hydroxyl groups excluding tert-OH is 6. The number of hydrogen-bond acceptors (Lipinski definition) is 21. The van der Waals surface area contributed by atoms with E-state index in [9.17, 15) is 50.1 Å². The van der Waals surface area contributed by atoms with Gasteiger partial charge >= 0.3 is 17.9 Å². The zero-order valence-electron chi connectivity index (χ0n) is 42.4. The molecule has 9 aliphatic rings. The summed E-state index contributed by atoms with van der Waals surface area (Å²) in [6.45, 7) is 11.3. The zero-order valence-corrected chi connectivity index (χ0v) is 42.4. The SMILES string of the molecule is CC(=O)O[C@@H]1[C@@H](O)[C@H](O[C@H]2[C@@H](OC(C)=O)C[C@H](O[C@H]3[C@@H](O)C[C@H](O[C@H]4[C@@H](O)C[C@H](O[C@H]5CC[C@@]6(C)[C@H](CC[C@@H]7[C@@H]6C[C@@H](O)[C@]6(C)[C@@H](C8=CC(=O)OC8)CC[C@]76O)C5)O[C@@H]4C)O[C@@H]3C)O[C@@H]2C)O[C@H](CO)[C@H]1O. The van der Waals surface area contributed by atoms with E-state index >= 15 is 0 Å². The Morgan fingerprint density at radius 1 is 0.681 bits per heavy atom. The van der Waals surface area contributed by atoms with Gasteiger partial charge in [-0.25, -0.2) is 4.79 Å². The number of aliphatic hydroxyl groups is 7. The molecular formula is C51H78O21. The quantitative estimate of drug-likeness (QED) is 0.0821. The van der Waals surface area contributed by atoms with Crippen molar-refractivity contribution in [2.75, 3.05) is 13.2 Å². The third-order valence-corrected chi connectivity index (χ3v) is 18.6. The molecule has 0 bridgehead atoms. The average Bonchev–Trinajstić information content (AvgIpc) is 3.86. The molecule has 8 fully saturated rings. The number of ether oxygens (including phenoxy) is 11. The monoisotopic (exact) mass is 1030 g/mol. The molecule has 21 heteroatoms. The summed E-state index contributed by atoms with van der Waals surface area (Å²) in [7, 11) is 0. The van der Waals surface area contributed by atoms with Crippen LogP contribution in [0.15, 0.2) is 11.6 Å². The summed E-state index contributed by atoms with van der Waals surface area (Å²) < 4.78 is 65.6. The van der Waals surface area contributed by atoms with Gasteiger partial charge in [-0.3, -0.25) is 9.59 Å². The standard InChI is InChI=1S/C51H78O21/c1-22-44(33(55)17-39(63-22)68-29-10-12-49(6)28(15-29)8-9-31-32(49)16-37(57)50(7)30(11-13-51(31,50)61)27-14-38(58)62-21-27)70-40-18-34(56)45(23(2)64-40)71-41-19-35(66-25(4)53)46(24(3)65-41)72-48-43(60)47(67-26(5)54)42(59)36(20-52)69-48/h14,22-24,28-37,39-48,52,55-57,59-61H,8-13,15-21H2,1-7H3/t22-,23-,24-,28-,29+,30-,31-,32+,33+,34+,35+,36-,37-,39+,40+,41+,42-,43-,44-,45-,46-,47+,48+,49+,50+,51+/m1/s1. The zero-order chi connectivity index (χ0) is 51.8. The molecule has 9 rings (SSSR count). The van der Waals surface area contributed by atoms with E-state index in [4.69, 9.17) is 52.1 Å². The number of rotatable bonds is 12. The van der Waals surface area contributed by atoms with Gasteiger partial charge in [0.15, 0.2) is 31.3 Å². The highest BCUT2D eigenvalue weighted by Gasteiger charge is 2.71. The van der Waals surface area contributed by atoms with Crippen molar-refractivity contribution in [3.63, 3.8) is 0 Å². The Morgan fingerprint density at radius 2 is 1.29 bits per heavy atom. The van der Waals surface area contributed by atoms with Crippen molar-refractivity contribution in [3.05, 3.63) is 11.6 Å². The summed E-state index contributed by atoms with van der Waals surface area (Å²) in [4.78, 5) is 36.0. The van der Waals surface area contributed by atoms with Gasteiger partial charge in [0.25, 0.3) is 0 Å². The second-order valence-electron chi connectivity index (χ2n) is 22.8. The van der Waals surface area contributed by atoms with Gasteiger partial charge in [0, 0.05) is 44.6 Å². The molecule has 4 aliphatic carbocycles. The molecule has 0 unspecified atom stereocenters. The lowest BCUT2D eigenvalue weighted by atomic mass is 9.42. The molecule has 0 aromatic carbocycles.